The average molecular weight is 546 g/mol. The fourth-order valence-electron chi connectivity index (χ4n) is 4.21. The van der Waals surface area contributed by atoms with E-state index in [0.717, 1.165) is 12.7 Å². The highest BCUT2D eigenvalue weighted by Crippen LogP contribution is 2.33. The predicted molar refractivity (Wildman–Crippen MR) is 142 cm³/mol. The summed E-state index contributed by atoms with van der Waals surface area (Å²) in [5, 5.41) is 5.18. The summed E-state index contributed by atoms with van der Waals surface area (Å²) in [6.45, 7) is 9.52. The highest BCUT2D eigenvalue weighted by molar-refractivity contribution is 7.90. The monoisotopic (exact) mass is 545 g/mol. The van der Waals surface area contributed by atoms with E-state index in [9.17, 15) is 22.8 Å². The van der Waals surface area contributed by atoms with Crippen molar-refractivity contribution in [3.05, 3.63) is 41.7 Å². The van der Waals surface area contributed by atoms with Gasteiger partial charge in [-0.05, 0) is 69.2 Å². The molecule has 0 radical (unpaired) electrons. The second-order valence-electron chi connectivity index (χ2n) is 10.5. The Kier molecular flexibility index (Phi) is 8.75. The summed E-state index contributed by atoms with van der Waals surface area (Å²) in [6.07, 6.45) is 5.22. The third-order valence-electron chi connectivity index (χ3n) is 6.02. The molecule has 2 aromatic heterocycles. The number of anilines is 2. The number of piperidine rings is 1. The van der Waals surface area contributed by atoms with Gasteiger partial charge in [-0.1, -0.05) is 19.9 Å². The van der Waals surface area contributed by atoms with E-state index in [1.807, 2.05) is 13.8 Å². The Bertz CT molecular complexity index is 1300. The normalized spacial score (nSPS) is 18.0. The number of pyridine rings is 2. The molecule has 3 heterocycles. The SMILES string of the molecule is CCc1cc(NC(=O)C(=O)N2CC(C)CCC2c2ccc(S(C)(=O)=O)nc2)cnc1NC(=O)OC(C)(C)C. The van der Waals surface area contributed by atoms with E-state index in [1.54, 1.807) is 32.9 Å². The Balaban J connectivity index is 1.76. The summed E-state index contributed by atoms with van der Waals surface area (Å²) in [5.74, 6) is -1.02. The minimum absolute atomic E-state index is 0.0510. The maximum atomic E-state index is 13.3. The van der Waals surface area contributed by atoms with E-state index < -0.39 is 39.4 Å². The number of likely N-dealkylation sites (tertiary alicyclic amines) is 1. The van der Waals surface area contributed by atoms with Crippen molar-refractivity contribution < 1.29 is 27.5 Å². The summed E-state index contributed by atoms with van der Waals surface area (Å²) in [5.41, 5.74) is 0.969. The smallest absolute Gasteiger partial charge is 0.413 e. The van der Waals surface area contributed by atoms with Crippen LogP contribution in [0.15, 0.2) is 35.6 Å². The molecule has 206 valence electrons. The van der Waals surface area contributed by atoms with Crippen molar-refractivity contribution in [1.82, 2.24) is 14.9 Å². The minimum Gasteiger partial charge on any atom is -0.444 e. The van der Waals surface area contributed by atoms with Crippen molar-refractivity contribution in [2.24, 2.45) is 5.92 Å². The van der Waals surface area contributed by atoms with Crippen molar-refractivity contribution >= 4 is 39.3 Å². The number of nitrogens with zero attached hydrogens (tertiary/aromatic N) is 3. The van der Waals surface area contributed by atoms with Gasteiger partial charge in [0, 0.05) is 19.0 Å². The average Bonchev–Trinajstić information content (AvgIpc) is 2.82. The molecule has 0 spiro atoms. The minimum atomic E-state index is -3.45. The lowest BCUT2D eigenvalue weighted by molar-refractivity contribution is -0.146. The van der Waals surface area contributed by atoms with E-state index in [0.29, 0.717) is 42.0 Å². The molecule has 2 N–H and O–H groups in total. The molecule has 0 saturated carbocycles. The molecule has 38 heavy (non-hydrogen) atoms. The van der Waals surface area contributed by atoms with Gasteiger partial charge in [-0.15, -0.1) is 0 Å². The first kappa shape index (κ1) is 29.0. The molecule has 12 heteroatoms. The Hall–Kier alpha value is -3.54. The van der Waals surface area contributed by atoms with E-state index in [4.69, 9.17) is 4.74 Å². The molecule has 3 rings (SSSR count). The number of rotatable bonds is 5. The van der Waals surface area contributed by atoms with Gasteiger partial charge in [0.1, 0.15) is 11.4 Å². The van der Waals surface area contributed by atoms with Crippen LogP contribution in [0.3, 0.4) is 0 Å². The van der Waals surface area contributed by atoms with Gasteiger partial charge >= 0.3 is 17.9 Å². The molecular weight excluding hydrogens is 510 g/mol. The van der Waals surface area contributed by atoms with Crippen LogP contribution in [0.2, 0.25) is 0 Å². The summed E-state index contributed by atoms with van der Waals surface area (Å²) < 4.78 is 28.8. The molecule has 2 unspecified atom stereocenters. The molecule has 11 nitrogen and oxygen atoms in total. The Morgan fingerprint density at radius 2 is 1.82 bits per heavy atom. The first-order valence-electron chi connectivity index (χ1n) is 12.4. The van der Waals surface area contributed by atoms with Crippen LogP contribution in [0, 0.1) is 5.92 Å². The third kappa shape index (κ3) is 7.50. The zero-order valence-electron chi connectivity index (χ0n) is 22.6. The molecule has 2 atom stereocenters. The maximum absolute atomic E-state index is 13.3. The lowest BCUT2D eigenvalue weighted by atomic mass is 9.90. The van der Waals surface area contributed by atoms with Crippen molar-refractivity contribution in [2.45, 2.75) is 70.6 Å². The van der Waals surface area contributed by atoms with E-state index in [-0.39, 0.29) is 10.9 Å². The van der Waals surface area contributed by atoms with Crippen molar-refractivity contribution in [3.8, 4) is 0 Å². The van der Waals surface area contributed by atoms with Crippen molar-refractivity contribution in [1.29, 1.82) is 0 Å². The van der Waals surface area contributed by atoms with Gasteiger partial charge in [0.2, 0.25) is 0 Å². The molecule has 0 aliphatic carbocycles. The summed E-state index contributed by atoms with van der Waals surface area (Å²) in [4.78, 5) is 48.2. The Morgan fingerprint density at radius 3 is 2.39 bits per heavy atom. The van der Waals surface area contributed by atoms with Crippen molar-refractivity contribution in [3.63, 3.8) is 0 Å². The standard InChI is InChI=1S/C26H35N5O6S/c1-7-17-12-19(14-28-22(17)30-25(34)37-26(3,4)5)29-23(32)24(33)31-15-16(2)8-10-20(31)18-9-11-21(27-13-18)38(6,35)36/h9,11-14,16,20H,7-8,10,15H2,1-6H3,(H,29,32)(H,28,30,34). The summed E-state index contributed by atoms with van der Waals surface area (Å²) in [7, 11) is -3.45. The van der Waals surface area contributed by atoms with Crippen LogP contribution in [0.4, 0.5) is 16.3 Å². The van der Waals surface area contributed by atoms with Crippen LogP contribution >= 0.6 is 0 Å². The lowest BCUT2D eigenvalue weighted by Gasteiger charge is -2.38. The second-order valence-corrected chi connectivity index (χ2v) is 12.5. The molecule has 0 aromatic carbocycles. The van der Waals surface area contributed by atoms with Gasteiger partial charge in [0.25, 0.3) is 0 Å². The lowest BCUT2D eigenvalue weighted by Crippen LogP contribution is -2.46. The van der Waals surface area contributed by atoms with E-state index in [2.05, 4.69) is 20.6 Å². The van der Waals surface area contributed by atoms with Crippen LogP contribution in [-0.2, 0) is 30.6 Å². The highest BCUT2D eigenvalue weighted by atomic mass is 32.2. The Morgan fingerprint density at radius 1 is 1.11 bits per heavy atom. The number of aryl methyl sites for hydroxylation is 1. The summed E-state index contributed by atoms with van der Waals surface area (Å²) >= 11 is 0. The number of hydrogen-bond acceptors (Lipinski definition) is 8. The van der Waals surface area contributed by atoms with Gasteiger partial charge in [-0.2, -0.15) is 0 Å². The fourth-order valence-corrected chi connectivity index (χ4v) is 4.77. The summed E-state index contributed by atoms with van der Waals surface area (Å²) in [6, 6.07) is 4.29. The van der Waals surface area contributed by atoms with E-state index in [1.165, 1.54) is 23.4 Å². The van der Waals surface area contributed by atoms with Gasteiger partial charge in [0.15, 0.2) is 14.9 Å². The first-order valence-corrected chi connectivity index (χ1v) is 14.3. The number of aromatic nitrogens is 2. The number of amides is 3. The number of nitrogens with one attached hydrogen (secondary N) is 2. The molecule has 1 fully saturated rings. The topological polar surface area (TPSA) is 148 Å². The van der Waals surface area contributed by atoms with Crippen LogP contribution in [0.25, 0.3) is 0 Å². The fraction of sp³-hybridized carbons (Fsp3) is 0.500. The van der Waals surface area contributed by atoms with Crippen LogP contribution < -0.4 is 10.6 Å². The number of carbonyl (C=O) groups is 3. The molecule has 2 aromatic rings. The van der Waals surface area contributed by atoms with E-state index >= 15 is 0 Å². The second kappa shape index (κ2) is 11.5. The quantitative estimate of drug-likeness (QED) is 0.540. The molecule has 1 aliphatic rings. The zero-order chi connectivity index (χ0) is 28.3. The Labute approximate surface area is 223 Å². The molecule has 1 aliphatic heterocycles. The van der Waals surface area contributed by atoms with Gasteiger partial charge < -0.3 is 15.0 Å². The number of ether oxygens (including phenoxy) is 1. The number of carbonyl (C=O) groups excluding carboxylic acids is 3. The number of hydrogen-bond donors (Lipinski definition) is 2. The zero-order valence-corrected chi connectivity index (χ0v) is 23.4. The highest BCUT2D eigenvalue weighted by Gasteiger charge is 2.34. The molecule has 1 saturated heterocycles. The van der Waals surface area contributed by atoms with Gasteiger partial charge in [-0.3, -0.25) is 14.9 Å². The van der Waals surface area contributed by atoms with Crippen LogP contribution in [-0.4, -0.2) is 59.6 Å². The van der Waals surface area contributed by atoms with Crippen LogP contribution in [0.1, 0.15) is 64.6 Å². The first-order chi connectivity index (χ1) is 17.7. The van der Waals surface area contributed by atoms with Crippen LogP contribution in [0.5, 0.6) is 0 Å². The number of sulfone groups is 1. The largest absolute Gasteiger partial charge is 0.444 e. The molecule has 3 amide bonds. The van der Waals surface area contributed by atoms with Gasteiger partial charge in [0.05, 0.1) is 17.9 Å². The van der Waals surface area contributed by atoms with Gasteiger partial charge in [-0.25, -0.2) is 23.2 Å². The third-order valence-corrected chi connectivity index (χ3v) is 7.02. The van der Waals surface area contributed by atoms with Crippen molar-refractivity contribution in [2.75, 3.05) is 23.4 Å². The predicted octanol–water partition coefficient (Wildman–Crippen LogP) is 3.73. The molecule has 0 bridgehead atoms. The maximum Gasteiger partial charge on any atom is 0.413 e. The molecular formula is C26H35N5O6S.